The van der Waals surface area contributed by atoms with Crippen molar-refractivity contribution in [3.8, 4) is 0 Å². The molecule has 3 heterocycles. The molecule has 2 aliphatic carbocycles. The van der Waals surface area contributed by atoms with E-state index in [9.17, 15) is 19.2 Å². The number of nitrogens with one attached hydrogen (secondary N) is 2. The van der Waals surface area contributed by atoms with Gasteiger partial charge in [0.05, 0.1) is 5.56 Å². The monoisotopic (exact) mass is 497 g/mol. The Kier molecular flexibility index (Phi) is 7.04. The van der Waals surface area contributed by atoms with Gasteiger partial charge >= 0.3 is 5.97 Å². The Bertz CT molecular complexity index is 1140. The van der Waals surface area contributed by atoms with Crippen molar-refractivity contribution in [3.63, 3.8) is 0 Å². The van der Waals surface area contributed by atoms with E-state index in [1.807, 2.05) is 0 Å². The number of carbonyl (C=O) groups excluding carboxylic acids is 4. The SMILES string of the molecule is O=C(COC(=O)c1c(NC(=O)C2CCCCC2)sc2c1CCC2)c1c[nH]c(C(=O)N2CCCC2)c1. The number of aromatic nitrogens is 1. The number of aromatic amines is 1. The van der Waals surface area contributed by atoms with Crippen LogP contribution in [0.2, 0.25) is 0 Å². The number of rotatable bonds is 7. The number of carbonyl (C=O) groups is 4. The van der Waals surface area contributed by atoms with Crippen LogP contribution in [-0.2, 0) is 22.4 Å². The van der Waals surface area contributed by atoms with E-state index < -0.39 is 12.6 Å². The van der Waals surface area contributed by atoms with Crippen molar-refractivity contribution in [2.45, 2.75) is 64.2 Å². The molecule has 0 radical (unpaired) electrons. The summed E-state index contributed by atoms with van der Waals surface area (Å²) in [5.41, 5.74) is 2.01. The first-order valence-corrected chi connectivity index (χ1v) is 13.5. The summed E-state index contributed by atoms with van der Waals surface area (Å²) in [5.74, 6) is -1.13. The van der Waals surface area contributed by atoms with E-state index in [4.69, 9.17) is 4.74 Å². The van der Waals surface area contributed by atoms with Crippen LogP contribution in [0, 0.1) is 5.92 Å². The molecule has 3 aliphatic rings. The Morgan fingerprint density at radius 1 is 1.03 bits per heavy atom. The average Bonchev–Trinajstić information content (AvgIpc) is 3.67. The number of likely N-dealkylation sites (tertiary alicyclic amines) is 1. The highest BCUT2D eigenvalue weighted by atomic mass is 32.1. The maximum atomic E-state index is 13.1. The van der Waals surface area contributed by atoms with Gasteiger partial charge in [-0.1, -0.05) is 19.3 Å². The lowest BCUT2D eigenvalue weighted by molar-refractivity contribution is -0.120. The first kappa shape index (κ1) is 23.8. The lowest BCUT2D eigenvalue weighted by Gasteiger charge is -2.20. The maximum absolute atomic E-state index is 13.1. The number of hydrogen-bond donors (Lipinski definition) is 2. The van der Waals surface area contributed by atoms with Crippen LogP contribution in [0.4, 0.5) is 5.00 Å². The van der Waals surface area contributed by atoms with Crippen molar-refractivity contribution in [1.82, 2.24) is 9.88 Å². The number of anilines is 1. The molecule has 0 atom stereocenters. The summed E-state index contributed by atoms with van der Waals surface area (Å²) in [6.07, 6.45) is 11.1. The number of Topliss-reactive ketones (excluding diaryl/α,β-unsaturated/α-hetero) is 1. The fraction of sp³-hybridized carbons (Fsp3) is 0.538. The minimum atomic E-state index is -0.583. The first-order valence-electron chi connectivity index (χ1n) is 12.6. The van der Waals surface area contributed by atoms with E-state index in [0.717, 1.165) is 87.7 Å². The maximum Gasteiger partial charge on any atom is 0.341 e. The van der Waals surface area contributed by atoms with Gasteiger partial charge in [-0.15, -0.1) is 11.3 Å². The predicted octanol–water partition coefficient (Wildman–Crippen LogP) is 4.36. The molecule has 2 aromatic heterocycles. The van der Waals surface area contributed by atoms with Crippen LogP contribution in [0.1, 0.15) is 93.0 Å². The summed E-state index contributed by atoms with van der Waals surface area (Å²) in [6.45, 7) is 1.03. The van der Waals surface area contributed by atoms with Gasteiger partial charge in [-0.3, -0.25) is 14.4 Å². The summed E-state index contributed by atoms with van der Waals surface area (Å²) in [5, 5.41) is 3.54. The van der Waals surface area contributed by atoms with E-state index >= 15 is 0 Å². The number of hydrogen-bond acceptors (Lipinski definition) is 6. The standard InChI is InChI=1S/C26H31N3O5S/c30-20(17-13-19(27-14-17)25(32)29-11-4-5-12-29)15-34-26(33)22-18-9-6-10-21(18)35-24(22)28-23(31)16-7-2-1-3-8-16/h13-14,16,27H,1-12,15H2,(H,28,31). The van der Waals surface area contributed by atoms with Gasteiger partial charge in [0.1, 0.15) is 10.7 Å². The molecule has 2 amide bonds. The fourth-order valence-electron chi connectivity index (χ4n) is 5.34. The highest BCUT2D eigenvalue weighted by molar-refractivity contribution is 7.17. The van der Waals surface area contributed by atoms with Crippen LogP contribution in [0.3, 0.4) is 0 Å². The molecule has 35 heavy (non-hydrogen) atoms. The molecule has 9 heteroatoms. The number of amides is 2. The number of fused-ring (bicyclic) bond motifs is 1. The van der Waals surface area contributed by atoms with Crippen molar-refractivity contribution in [2.24, 2.45) is 5.92 Å². The van der Waals surface area contributed by atoms with Gasteiger partial charge in [-0.05, 0) is 56.6 Å². The van der Waals surface area contributed by atoms with E-state index in [-0.39, 0.29) is 23.5 Å². The number of nitrogens with zero attached hydrogens (tertiary/aromatic N) is 1. The highest BCUT2D eigenvalue weighted by Crippen LogP contribution is 2.40. The predicted molar refractivity (Wildman–Crippen MR) is 132 cm³/mol. The molecule has 0 bridgehead atoms. The Morgan fingerprint density at radius 2 is 1.80 bits per heavy atom. The van der Waals surface area contributed by atoms with Gasteiger partial charge in [0.2, 0.25) is 11.7 Å². The van der Waals surface area contributed by atoms with Crippen molar-refractivity contribution >= 4 is 39.9 Å². The molecule has 2 fully saturated rings. The van der Waals surface area contributed by atoms with Crippen LogP contribution < -0.4 is 5.32 Å². The van der Waals surface area contributed by atoms with Gasteiger partial charge in [-0.25, -0.2) is 4.79 Å². The molecule has 0 spiro atoms. The minimum Gasteiger partial charge on any atom is -0.454 e. The third-order valence-electron chi connectivity index (χ3n) is 7.30. The zero-order valence-electron chi connectivity index (χ0n) is 19.8. The van der Waals surface area contributed by atoms with E-state index in [1.165, 1.54) is 23.6 Å². The normalized spacial score (nSPS) is 17.9. The molecule has 2 aromatic rings. The average molecular weight is 498 g/mol. The molecule has 0 aromatic carbocycles. The largest absolute Gasteiger partial charge is 0.454 e. The third-order valence-corrected chi connectivity index (χ3v) is 8.51. The van der Waals surface area contributed by atoms with Crippen molar-refractivity contribution < 1.29 is 23.9 Å². The summed E-state index contributed by atoms with van der Waals surface area (Å²) >= 11 is 1.45. The van der Waals surface area contributed by atoms with Gasteiger partial charge in [-0.2, -0.15) is 0 Å². The molecule has 1 saturated carbocycles. The Balaban J connectivity index is 1.24. The zero-order chi connectivity index (χ0) is 24.4. The minimum absolute atomic E-state index is 0.0165. The first-order chi connectivity index (χ1) is 17.0. The molecule has 2 N–H and O–H groups in total. The zero-order valence-corrected chi connectivity index (χ0v) is 20.6. The second-order valence-electron chi connectivity index (χ2n) is 9.69. The van der Waals surface area contributed by atoms with Crippen molar-refractivity contribution in [1.29, 1.82) is 0 Å². The van der Waals surface area contributed by atoms with Gasteiger partial charge in [0.15, 0.2) is 6.61 Å². The number of esters is 1. The second kappa shape index (κ2) is 10.4. The molecule has 1 aliphatic heterocycles. The van der Waals surface area contributed by atoms with E-state index in [1.54, 1.807) is 4.90 Å². The van der Waals surface area contributed by atoms with Crippen LogP contribution in [-0.4, -0.2) is 53.1 Å². The number of ether oxygens (including phenoxy) is 1. The summed E-state index contributed by atoms with van der Waals surface area (Å²) < 4.78 is 5.42. The van der Waals surface area contributed by atoms with Crippen LogP contribution in [0.5, 0.6) is 0 Å². The van der Waals surface area contributed by atoms with Gasteiger partial charge < -0.3 is 19.9 Å². The Labute approximate surface area is 208 Å². The summed E-state index contributed by atoms with van der Waals surface area (Å²) in [4.78, 5) is 56.9. The molecule has 1 saturated heterocycles. The molecular weight excluding hydrogens is 466 g/mol. The van der Waals surface area contributed by atoms with Gasteiger partial charge in [0, 0.05) is 35.6 Å². The molecule has 186 valence electrons. The third kappa shape index (κ3) is 5.05. The van der Waals surface area contributed by atoms with E-state index in [2.05, 4.69) is 10.3 Å². The molecule has 8 nitrogen and oxygen atoms in total. The lowest BCUT2D eigenvalue weighted by Crippen LogP contribution is -2.27. The molecule has 5 rings (SSSR count). The smallest absolute Gasteiger partial charge is 0.341 e. The number of aryl methyl sites for hydroxylation is 1. The summed E-state index contributed by atoms with van der Waals surface area (Å²) in [6, 6.07) is 1.52. The fourth-order valence-corrected chi connectivity index (χ4v) is 6.62. The highest BCUT2D eigenvalue weighted by Gasteiger charge is 2.31. The van der Waals surface area contributed by atoms with Crippen LogP contribution in [0.25, 0.3) is 0 Å². The quantitative estimate of drug-likeness (QED) is 0.436. The number of thiophene rings is 1. The van der Waals surface area contributed by atoms with Crippen LogP contribution >= 0.6 is 11.3 Å². The molecule has 0 unspecified atom stereocenters. The second-order valence-corrected chi connectivity index (χ2v) is 10.8. The lowest BCUT2D eigenvalue weighted by atomic mass is 9.89. The van der Waals surface area contributed by atoms with Gasteiger partial charge in [0.25, 0.3) is 5.91 Å². The van der Waals surface area contributed by atoms with E-state index in [0.29, 0.717) is 21.8 Å². The Morgan fingerprint density at radius 3 is 2.57 bits per heavy atom. The number of ketones is 1. The topological polar surface area (TPSA) is 109 Å². The van der Waals surface area contributed by atoms with Crippen LogP contribution in [0.15, 0.2) is 12.3 Å². The summed E-state index contributed by atoms with van der Waals surface area (Å²) in [7, 11) is 0. The van der Waals surface area contributed by atoms with Crippen molar-refractivity contribution in [3.05, 3.63) is 39.5 Å². The molecular formula is C26H31N3O5S. The Hall–Kier alpha value is -2.94. The van der Waals surface area contributed by atoms with Crippen molar-refractivity contribution in [2.75, 3.05) is 25.0 Å². The number of H-pyrrole nitrogens is 1.